The number of amides is 1. The van der Waals surface area contributed by atoms with Crippen LogP contribution in [0.2, 0.25) is 0 Å². The lowest BCUT2D eigenvalue weighted by molar-refractivity contribution is -0.119. The molecule has 1 saturated heterocycles. The predicted octanol–water partition coefficient (Wildman–Crippen LogP) is 2.28. The molecule has 1 aromatic rings. The van der Waals surface area contributed by atoms with Gasteiger partial charge in [-0.05, 0) is 43.9 Å². The normalized spacial score (nSPS) is 19.3. The van der Waals surface area contributed by atoms with Gasteiger partial charge in [0.2, 0.25) is 15.9 Å². The van der Waals surface area contributed by atoms with Crippen LogP contribution < -0.4 is 5.32 Å². The fraction of sp³-hybridized carbons (Fsp3) is 0.533. The van der Waals surface area contributed by atoms with E-state index < -0.39 is 27.8 Å². The van der Waals surface area contributed by atoms with E-state index in [1.54, 1.807) is 19.9 Å². The number of benzene rings is 1. The highest BCUT2D eigenvalue weighted by atomic mass is 32.2. The summed E-state index contributed by atoms with van der Waals surface area (Å²) in [6.07, 6.45) is 1.60. The summed E-state index contributed by atoms with van der Waals surface area (Å²) in [5, 5.41) is 2.52. The first-order valence-corrected chi connectivity index (χ1v) is 9.02. The molecule has 1 atom stereocenters. The summed E-state index contributed by atoms with van der Waals surface area (Å²) >= 11 is 0. The molecule has 1 unspecified atom stereocenters. The third kappa shape index (κ3) is 3.64. The van der Waals surface area contributed by atoms with E-state index in [1.165, 1.54) is 16.4 Å². The van der Waals surface area contributed by atoms with Crippen LogP contribution in [0.1, 0.15) is 31.7 Å². The molecule has 1 fully saturated rings. The van der Waals surface area contributed by atoms with Crippen LogP contribution >= 0.6 is 0 Å². The first-order chi connectivity index (χ1) is 10.3. The van der Waals surface area contributed by atoms with Crippen LogP contribution in [0.4, 0.5) is 10.1 Å². The lowest BCUT2D eigenvalue weighted by Gasteiger charge is -2.23. The summed E-state index contributed by atoms with van der Waals surface area (Å²) in [4.78, 5) is 12.4. The van der Waals surface area contributed by atoms with E-state index >= 15 is 0 Å². The fourth-order valence-corrected chi connectivity index (χ4v) is 4.41. The summed E-state index contributed by atoms with van der Waals surface area (Å²) < 4.78 is 39.4. The zero-order valence-corrected chi connectivity index (χ0v) is 13.6. The number of hydrogen-bond acceptors (Lipinski definition) is 3. The Morgan fingerprint density at radius 3 is 2.86 bits per heavy atom. The highest BCUT2D eigenvalue weighted by Crippen LogP contribution is 2.24. The van der Waals surface area contributed by atoms with Gasteiger partial charge in [0.15, 0.2) is 0 Å². The topological polar surface area (TPSA) is 66.5 Å². The van der Waals surface area contributed by atoms with Crippen molar-refractivity contribution in [2.75, 3.05) is 17.6 Å². The molecule has 1 aliphatic rings. The van der Waals surface area contributed by atoms with E-state index in [1.807, 2.05) is 0 Å². The van der Waals surface area contributed by atoms with Gasteiger partial charge < -0.3 is 5.32 Å². The Bertz CT molecular complexity index is 661. The predicted molar refractivity (Wildman–Crippen MR) is 83.6 cm³/mol. The Hall–Kier alpha value is -1.47. The van der Waals surface area contributed by atoms with Crippen LogP contribution in [0.25, 0.3) is 0 Å². The summed E-state index contributed by atoms with van der Waals surface area (Å²) in [5.41, 5.74) is 0.906. The van der Waals surface area contributed by atoms with Gasteiger partial charge >= 0.3 is 0 Å². The van der Waals surface area contributed by atoms with Crippen LogP contribution in [0.5, 0.6) is 0 Å². The van der Waals surface area contributed by atoms with Crippen molar-refractivity contribution in [2.45, 2.75) is 39.2 Å². The Balaban J connectivity index is 2.16. The SMILES string of the molecule is CCCS(=O)(=O)N1CCCC1C(=O)Nc1cc(C)ccc1F. The maximum absolute atomic E-state index is 13.7. The van der Waals surface area contributed by atoms with Gasteiger partial charge in [0.05, 0.1) is 11.4 Å². The van der Waals surface area contributed by atoms with Gasteiger partial charge in [-0.2, -0.15) is 4.31 Å². The second-order valence-corrected chi connectivity index (χ2v) is 7.60. The molecule has 22 heavy (non-hydrogen) atoms. The highest BCUT2D eigenvalue weighted by Gasteiger charge is 2.38. The maximum atomic E-state index is 13.7. The van der Waals surface area contributed by atoms with Gasteiger partial charge in [-0.3, -0.25) is 4.79 Å². The summed E-state index contributed by atoms with van der Waals surface area (Å²) in [7, 11) is -3.44. The number of anilines is 1. The Morgan fingerprint density at radius 2 is 2.18 bits per heavy atom. The maximum Gasteiger partial charge on any atom is 0.242 e. The van der Waals surface area contributed by atoms with Crippen LogP contribution in [0, 0.1) is 12.7 Å². The van der Waals surface area contributed by atoms with Crippen molar-refractivity contribution in [2.24, 2.45) is 0 Å². The standard InChI is InChI=1S/C15H21FN2O3S/c1-3-9-22(20,21)18-8-4-5-14(18)15(19)17-13-10-11(2)6-7-12(13)16/h6-7,10,14H,3-5,8-9H2,1-2H3,(H,17,19). The van der Waals surface area contributed by atoms with E-state index in [0.29, 0.717) is 25.8 Å². The summed E-state index contributed by atoms with van der Waals surface area (Å²) in [6, 6.07) is 3.67. The molecule has 0 spiro atoms. The number of nitrogens with zero attached hydrogens (tertiary/aromatic N) is 1. The quantitative estimate of drug-likeness (QED) is 0.902. The number of nitrogens with one attached hydrogen (secondary N) is 1. The molecule has 1 heterocycles. The second-order valence-electron chi connectivity index (χ2n) is 5.56. The number of rotatable bonds is 5. The van der Waals surface area contributed by atoms with E-state index in [0.717, 1.165) is 5.56 Å². The third-order valence-electron chi connectivity index (χ3n) is 3.71. The van der Waals surface area contributed by atoms with E-state index in [-0.39, 0.29) is 11.4 Å². The molecule has 0 radical (unpaired) electrons. The fourth-order valence-electron chi connectivity index (χ4n) is 2.66. The number of hydrogen-bond donors (Lipinski definition) is 1. The van der Waals surface area contributed by atoms with Crippen molar-refractivity contribution in [1.82, 2.24) is 4.31 Å². The summed E-state index contributed by atoms with van der Waals surface area (Å²) in [5.74, 6) is -0.975. The van der Waals surface area contributed by atoms with Gasteiger partial charge in [-0.1, -0.05) is 13.0 Å². The molecule has 2 rings (SSSR count). The molecule has 1 N–H and O–H groups in total. The first-order valence-electron chi connectivity index (χ1n) is 7.41. The minimum Gasteiger partial charge on any atom is -0.322 e. The van der Waals surface area contributed by atoms with Crippen LogP contribution in [-0.4, -0.2) is 37.0 Å². The molecule has 122 valence electrons. The average molecular weight is 328 g/mol. The molecule has 1 aromatic carbocycles. The zero-order valence-electron chi connectivity index (χ0n) is 12.8. The monoisotopic (exact) mass is 328 g/mol. The molecular weight excluding hydrogens is 307 g/mol. The van der Waals surface area contributed by atoms with Crippen molar-refractivity contribution in [3.63, 3.8) is 0 Å². The Kier molecular flexibility index (Phi) is 5.18. The number of sulfonamides is 1. The lowest BCUT2D eigenvalue weighted by Crippen LogP contribution is -2.44. The van der Waals surface area contributed by atoms with Crippen molar-refractivity contribution in [3.05, 3.63) is 29.6 Å². The van der Waals surface area contributed by atoms with E-state index in [2.05, 4.69) is 5.32 Å². The molecule has 0 aromatic heterocycles. The second kappa shape index (κ2) is 6.75. The van der Waals surface area contributed by atoms with Crippen LogP contribution in [-0.2, 0) is 14.8 Å². The number of carbonyl (C=O) groups is 1. The molecule has 0 bridgehead atoms. The molecular formula is C15H21FN2O3S. The molecule has 0 aliphatic carbocycles. The minimum absolute atomic E-state index is 0.0234. The number of carbonyl (C=O) groups excluding carboxylic acids is 1. The molecule has 1 aliphatic heterocycles. The number of halogens is 1. The van der Waals surface area contributed by atoms with Crippen molar-refractivity contribution >= 4 is 21.6 Å². The van der Waals surface area contributed by atoms with Crippen LogP contribution in [0.3, 0.4) is 0 Å². The Labute approximate surface area is 130 Å². The number of aryl methyl sites for hydroxylation is 1. The van der Waals surface area contributed by atoms with Crippen molar-refractivity contribution in [1.29, 1.82) is 0 Å². The zero-order chi connectivity index (χ0) is 16.3. The molecule has 1 amide bonds. The average Bonchev–Trinajstić information content (AvgIpc) is 2.93. The van der Waals surface area contributed by atoms with Crippen molar-refractivity contribution < 1.29 is 17.6 Å². The lowest BCUT2D eigenvalue weighted by atomic mass is 10.2. The molecule has 7 heteroatoms. The molecule has 5 nitrogen and oxygen atoms in total. The Morgan fingerprint density at radius 1 is 1.45 bits per heavy atom. The van der Waals surface area contributed by atoms with Crippen LogP contribution in [0.15, 0.2) is 18.2 Å². The van der Waals surface area contributed by atoms with Gasteiger partial charge in [0.25, 0.3) is 0 Å². The smallest absolute Gasteiger partial charge is 0.242 e. The first kappa shape index (κ1) is 16.9. The third-order valence-corrected chi connectivity index (χ3v) is 5.78. The highest BCUT2D eigenvalue weighted by molar-refractivity contribution is 7.89. The summed E-state index contributed by atoms with van der Waals surface area (Å²) in [6.45, 7) is 3.92. The van der Waals surface area contributed by atoms with E-state index in [4.69, 9.17) is 0 Å². The van der Waals surface area contributed by atoms with Gasteiger partial charge in [-0.25, -0.2) is 12.8 Å². The van der Waals surface area contributed by atoms with Crippen molar-refractivity contribution in [3.8, 4) is 0 Å². The van der Waals surface area contributed by atoms with E-state index in [9.17, 15) is 17.6 Å². The molecule has 0 saturated carbocycles. The minimum atomic E-state index is -3.44. The van der Waals surface area contributed by atoms with Gasteiger partial charge in [0, 0.05) is 6.54 Å². The van der Waals surface area contributed by atoms with Gasteiger partial charge in [-0.15, -0.1) is 0 Å². The van der Waals surface area contributed by atoms with Gasteiger partial charge in [0.1, 0.15) is 11.9 Å². The largest absolute Gasteiger partial charge is 0.322 e.